The van der Waals surface area contributed by atoms with Crippen LogP contribution in [0.25, 0.3) is 22.4 Å². The maximum atomic E-state index is 5.42. The summed E-state index contributed by atoms with van der Waals surface area (Å²) < 4.78 is 5.42. The van der Waals surface area contributed by atoms with E-state index in [-0.39, 0.29) is 0 Å². The van der Waals surface area contributed by atoms with Crippen LogP contribution in [-0.4, -0.2) is 41.3 Å². The van der Waals surface area contributed by atoms with E-state index in [2.05, 4.69) is 46.1 Å². The van der Waals surface area contributed by atoms with Crippen molar-refractivity contribution in [3.8, 4) is 11.4 Å². The molecule has 1 aromatic carbocycles. The predicted molar refractivity (Wildman–Crippen MR) is 87.1 cm³/mol. The number of aromatic amines is 1. The lowest BCUT2D eigenvalue weighted by Gasteiger charge is -2.27. The summed E-state index contributed by atoms with van der Waals surface area (Å²) in [6.45, 7) is 5.29. The number of H-pyrrole nitrogens is 1. The van der Waals surface area contributed by atoms with Gasteiger partial charge in [-0.2, -0.15) is 0 Å². The molecule has 112 valence electrons. The number of hydrogen-bond donors (Lipinski definition) is 1. The van der Waals surface area contributed by atoms with E-state index >= 15 is 0 Å². The number of rotatable bonds is 2. The van der Waals surface area contributed by atoms with Crippen molar-refractivity contribution in [1.29, 1.82) is 0 Å². The molecule has 0 spiro atoms. The minimum Gasteiger partial charge on any atom is -0.378 e. The summed E-state index contributed by atoms with van der Waals surface area (Å²) in [5.41, 5.74) is 4.29. The summed E-state index contributed by atoms with van der Waals surface area (Å²) in [7, 11) is 0. The average molecular weight is 294 g/mol. The molecule has 3 heterocycles. The Hall–Kier alpha value is -2.40. The zero-order chi connectivity index (χ0) is 14.9. The molecule has 5 nitrogen and oxygen atoms in total. The maximum Gasteiger partial charge on any atom is 0.156 e. The molecule has 1 aliphatic rings. The summed E-state index contributed by atoms with van der Waals surface area (Å²) in [6.07, 6.45) is 1.84. The van der Waals surface area contributed by atoms with Gasteiger partial charge >= 0.3 is 0 Å². The molecule has 1 aliphatic heterocycles. The van der Waals surface area contributed by atoms with Crippen LogP contribution in [0, 0.1) is 6.92 Å². The Balaban J connectivity index is 1.78. The molecule has 0 saturated carbocycles. The molecule has 0 aliphatic carbocycles. The van der Waals surface area contributed by atoms with Crippen LogP contribution < -0.4 is 4.90 Å². The highest BCUT2D eigenvalue weighted by molar-refractivity contribution is 5.88. The van der Waals surface area contributed by atoms with Crippen molar-refractivity contribution in [2.75, 3.05) is 31.2 Å². The first-order valence-electron chi connectivity index (χ1n) is 7.56. The quantitative estimate of drug-likeness (QED) is 0.789. The van der Waals surface area contributed by atoms with E-state index in [4.69, 9.17) is 9.72 Å². The molecule has 1 saturated heterocycles. The van der Waals surface area contributed by atoms with Gasteiger partial charge in [0.2, 0.25) is 0 Å². The average Bonchev–Trinajstić information content (AvgIpc) is 3.00. The zero-order valence-electron chi connectivity index (χ0n) is 12.5. The number of anilines is 1. The van der Waals surface area contributed by atoms with E-state index in [1.165, 1.54) is 5.56 Å². The van der Waals surface area contributed by atoms with Crippen molar-refractivity contribution in [3.63, 3.8) is 0 Å². The highest BCUT2D eigenvalue weighted by Crippen LogP contribution is 2.27. The zero-order valence-corrected chi connectivity index (χ0v) is 12.5. The van der Waals surface area contributed by atoms with E-state index in [0.29, 0.717) is 0 Å². The fraction of sp³-hybridized carbons (Fsp3) is 0.294. The van der Waals surface area contributed by atoms with Gasteiger partial charge in [0.05, 0.1) is 18.7 Å². The first-order chi connectivity index (χ1) is 10.8. The number of hydrogen-bond acceptors (Lipinski definition) is 4. The van der Waals surface area contributed by atoms with Gasteiger partial charge < -0.3 is 14.6 Å². The molecule has 0 atom stereocenters. The molecule has 0 bridgehead atoms. The van der Waals surface area contributed by atoms with Crippen molar-refractivity contribution in [3.05, 3.63) is 42.1 Å². The van der Waals surface area contributed by atoms with Gasteiger partial charge in [0.1, 0.15) is 11.3 Å². The lowest BCUT2D eigenvalue weighted by atomic mass is 10.1. The van der Waals surface area contributed by atoms with Crippen molar-refractivity contribution in [2.45, 2.75) is 6.92 Å². The number of imidazole rings is 1. The first kappa shape index (κ1) is 13.3. The van der Waals surface area contributed by atoms with E-state index in [9.17, 15) is 0 Å². The van der Waals surface area contributed by atoms with Gasteiger partial charge in [-0.25, -0.2) is 9.97 Å². The van der Waals surface area contributed by atoms with E-state index < -0.39 is 0 Å². The summed E-state index contributed by atoms with van der Waals surface area (Å²) >= 11 is 0. The largest absolute Gasteiger partial charge is 0.378 e. The molecule has 0 amide bonds. The Kier molecular flexibility index (Phi) is 3.27. The fourth-order valence-corrected chi connectivity index (χ4v) is 2.78. The molecule has 0 unspecified atom stereocenters. The van der Waals surface area contributed by atoms with Crippen molar-refractivity contribution in [1.82, 2.24) is 15.0 Å². The molecule has 1 fully saturated rings. The molecule has 5 heteroatoms. The summed E-state index contributed by atoms with van der Waals surface area (Å²) in [5.74, 6) is 1.83. The minimum absolute atomic E-state index is 0.743. The van der Waals surface area contributed by atoms with Gasteiger partial charge in [0.15, 0.2) is 5.82 Å². The fourth-order valence-electron chi connectivity index (χ4n) is 2.78. The Morgan fingerprint density at radius 3 is 2.64 bits per heavy atom. The standard InChI is InChI=1S/C17H18N4O/c1-12-2-4-13(5-3-12)16-19-14-6-7-18-17(15(14)20-16)21-8-10-22-11-9-21/h2-7H,8-11H2,1H3,(H,19,20). The van der Waals surface area contributed by atoms with Gasteiger partial charge in [-0.1, -0.05) is 29.8 Å². The van der Waals surface area contributed by atoms with Gasteiger partial charge in [0.25, 0.3) is 0 Å². The van der Waals surface area contributed by atoms with Crippen LogP contribution in [0.3, 0.4) is 0 Å². The highest BCUT2D eigenvalue weighted by Gasteiger charge is 2.17. The number of aryl methyl sites for hydroxylation is 1. The highest BCUT2D eigenvalue weighted by atomic mass is 16.5. The van der Waals surface area contributed by atoms with Crippen LogP contribution in [0.1, 0.15) is 5.56 Å². The number of nitrogens with zero attached hydrogens (tertiary/aromatic N) is 3. The second kappa shape index (κ2) is 5.42. The van der Waals surface area contributed by atoms with Gasteiger partial charge in [-0.3, -0.25) is 0 Å². The van der Waals surface area contributed by atoms with Crippen molar-refractivity contribution >= 4 is 16.9 Å². The summed E-state index contributed by atoms with van der Waals surface area (Å²) in [6, 6.07) is 10.4. The number of fused-ring (bicyclic) bond motifs is 1. The maximum absolute atomic E-state index is 5.42. The SMILES string of the molecule is Cc1ccc(-c2nc3c(N4CCOCC4)nccc3[nH]2)cc1. The lowest BCUT2D eigenvalue weighted by Crippen LogP contribution is -2.36. The van der Waals surface area contributed by atoms with Gasteiger partial charge in [0, 0.05) is 24.8 Å². The van der Waals surface area contributed by atoms with E-state index in [0.717, 1.165) is 54.5 Å². The predicted octanol–water partition coefficient (Wildman–Crippen LogP) is 2.77. The minimum atomic E-state index is 0.743. The Morgan fingerprint density at radius 1 is 1.09 bits per heavy atom. The third-order valence-electron chi connectivity index (χ3n) is 4.02. The number of nitrogens with one attached hydrogen (secondary N) is 1. The Labute approximate surface area is 129 Å². The monoisotopic (exact) mass is 294 g/mol. The third kappa shape index (κ3) is 2.33. The summed E-state index contributed by atoms with van der Waals surface area (Å²) in [5, 5.41) is 0. The van der Waals surface area contributed by atoms with Crippen LogP contribution >= 0.6 is 0 Å². The normalized spacial score (nSPS) is 15.4. The van der Waals surface area contributed by atoms with Crippen LogP contribution in [0.2, 0.25) is 0 Å². The first-order valence-corrected chi connectivity index (χ1v) is 7.56. The molecule has 22 heavy (non-hydrogen) atoms. The second-order valence-electron chi connectivity index (χ2n) is 5.58. The van der Waals surface area contributed by atoms with Gasteiger partial charge in [-0.15, -0.1) is 0 Å². The molecule has 0 radical (unpaired) electrons. The molecular weight excluding hydrogens is 276 g/mol. The third-order valence-corrected chi connectivity index (χ3v) is 4.02. The van der Waals surface area contributed by atoms with Gasteiger partial charge in [-0.05, 0) is 13.0 Å². The van der Waals surface area contributed by atoms with E-state index in [1.54, 1.807) is 0 Å². The lowest BCUT2D eigenvalue weighted by molar-refractivity contribution is 0.122. The smallest absolute Gasteiger partial charge is 0.156 e. The Bertz CT molecular complexity index is 788. The number of pyridine rings is 1. The number of aromatic nitrogens is 3. The topological polar surface area (TPSA) is 54.0 Å². The van der Waals surface area contributed by atoms with Crippen LogP contribution in [0.4, 0.5) is 5.82 Å². The molecule has 2 aromatic heterocycles. The molecule has 1 N–H and O–H groups in total. The Morgan fingerprint density at radius 2 is 1.86 bits per heavy atom. The molecule has 4 rings (SSSR count). The van der Waals surface area contributed by atoms with Crippen LogP contribution in [0.5, 0.6) is 0 Å². The van der Waals surface area contributed by atoms with Crippen molar-refractivity contribution < 1.29 is 4.74 Å². The number of benzene rings is 1. The van der Waals surface area contributed by atoms with Crippen molar-refractivity contribution in [2.24, 2.45) is 0 Å². The number of morpholine rings is 1. The summed E-state index contributed by atoms with van der Waals surface area (Å²) in [4.78, 5) is 15.0. The van der Waals surface area contributed by atoms with Crippen LogP contribution in [0.15, 0.2) is 36.5 Å². The number of ether oxygens (including phenoxy) is 1. The van der Waals surface area contributed by atoms with E-state index in [1.807, 2.05) is 12.3 Å². The molecule has 3 aromatic rings. The molecular formula is C17H18N4O. The second-order valence-corrected chi connectivity index (χ2v) is 5.58. The van der Waals surface area contributed by atoms with Crippen LogP contribution in [-0.2, 0) is 4.74 Å².